The van der Waals surface area contributed by atoms with E-state index in [0.717, 1.165) is 11.3 Å². The zero-order chi connectivity index (χ0) is 27.6. The molecule has 1 amide bonds. The van der Waals surface area contributed by atoms with Crippen LogP contribution in [0.1, 0.15) is 45.0 Å². The molecule has 1 aromatic heterocycles. The van der Waals surface area contributed by atoms with E-state index in [1.54, 1.807) is 69.3 Å². The number of anilines is 1. The molecule has 1 aliphatic heterocycles. The molecule has 1 aliphatic rings. The van der Waals surface area contributed by atoms with Crippen LogP contribution in [0, 0.1) is 13.8 Å². The number of ketones is 1. The molecule has 1 fully saturated rings. The number of hydrogen-bond acceptors (Lipinski definition) is 8. The smallest absolute Gasteiger partial charge is 0.350 e. The molecular formula is C28H25ClN2O6S. The van der Waals surface area contributed by atoms with Gasteiger partial charge < -0.3 is 14.6 Å². The van der Waals surface area contributed by atoms with Crippen LogP contribution in [0.25, 0.3) is 5.76 Å². The topological polar surface area (TPSA) is 106 Å². The summed E-state index contributed by atoms with van der Waals surface area (Å²) in [6.07, 6.45) is 1.62. The van der Waals surface area contributed by atoms with Crippen molar-refractivity contribution in [3.05, 3.63) is 93.0 Å². The quantitative estimate of drug-likeness (QED) is 0.124. The fraction of sp³-hybridized carbons (Fsp3) is 0.214. The maximum atomic E-state index is 13.4. The van der Waals surface area contributed by atoms with Crippen molar-refractivity contribution < 1.29 is 29.0 Å². The first-order chi connectivity index (χ1) is 18.2. The zero-order valence-corrected chi connectivity index (χ0v) is 22.6. The van der Waals surface area contributed by atoms with Gasteiger partial charge >= 0.3 is 11.9 Å². The molecule has 196 valence electrons. The molecule has 10 heteroatoms. The Bertz CT molecular complexity index is 1460. The first kappa shape index (κ1) is 27.1. The molecule has 0 spiro atoms. The highest BCUT2D eigenvalue weighted by molar-refractivity contribution is 7.17. The maximum Gasteiger partial charge on any atom is 0.350 e. The fourth-order valence-corrected chi connectivity index (χ4v) is 5.27. The van der Waals surface area contributed by atoms with Crippen molar-refractivity contribution in [2.45, 2.75) is 26.8 Å². The van der Waals surface area contributed by atoms with Crippen LogP contribution in [-0.4, -0.2) is 41.0 Å². The lowest BCUT2D eigenvalue weighted by atomic mass is 9.94. The van der Waals surface area contributed by atoms with Gasteiger partial charge in [-0.3, -0.25) is 14.5 Å². The minimum Gasteiger partial charge on any atom is -0.507 e. The summed E-state index contributed by atoms with van der Waals surface area (Å²) in [6, 6.07) is 10.6. The van der Waals surface area contributed by atoms with Gasteiger partial charge in [-0.05, 0) is 62.2 Å². The number of nitrogens with zero attached hydrogens (tertiary/aromatic N) is 2. The predicted octanol–water partition coefficient (Wildman–Crippen LogP) is 5.78. The predicted molar refractivity (Wildman–Crippen MR) is 146 cm³/mol. The molecule has 1 atom stereocenters. The maximum absolute atomic E-state index is 13.4. The van der Waals surface area contributed by atoms with Gasteiger partial charge in [-0.25, -0.2) is 9.78 Å². The van der Waals surface area contributed by atoms with Crippen LogP contribution < -0.4 is 9.64 Å². The standard InChI is InChI=1S/C28H25ClN2O6S/c1-5-13-37-19-11-12-20(15(3)14-19)23(32)21-22(17-7-9-18(29)10-8-17)31(26(34)24(21)33)28-30-16(4)25(38-28)27(35)36-6-2/h5,7-12,14,22,32H,1,6,13H2,2-4H3/b23-21-. The first-order valence-electron chi connectivity index (χ1n) is 11.7. The number of hydrogen-bond donors (Lipinski definition) is 1. The van der Waals surface area contributed by atoms with Gasteiger partial charge in [-0.1, -0.05) is 47.7 Å². The summed E-state index contributed by atoms with van der Waals surface area (Å²) in [5.74, 6) is -2.09. The molecule has 0 aliphatic carbocycles. The number of carbonyl (C=O) groups excluding carboxylic acids is 3. The number of thiazole rings is 1. The molecule has 0 bridgehead atoms. The normalized spacial score (nSPS) is 16.5. The van der Waals surface area contributed by atoms with Gasteiger partial charge in [-0.2, -0.15) is 0 Å². The van der Waals surface area contributed by atoms with Crippen LogP contribution in [0.4, 0.5) is 5.13 Å². The molecule has 0 radical (unpaired) electrons. The SMILES string of the molecule is C=CCOc1ccc(/C(O)=C2/C(=O)C(=O)N(c3nc(C)c(C(=O)OCC)s3)C2c2ccc(Cl)cc2)c(C)c1. The van der Waals surface area contributed by atoms with Gasteiger partial charge in [0.15, 0.2) is 5.13 Å². The number of Topliss-reactive ketones (excluding diaryl/α,β-unsaturated/α-hetero) is 1. The van der Waals surface area contributed by atoms with Crippen LogP contribution in [0.3, 0.4) is 0 Å². The Morgan fingerprint density at radius 1 is 1.21 bits per heavy atom. The summed E-state index contributed by atoms with van der Waals surface area (Å²) < 4.78 is 10.7. The third-order valence-corrected chi connectivity index (χ3v) is 7.29. The third kappa shape index (κ3) is 5.07. The minimum atomic E-state index is -1.01. The highest BCUT2D eigenvalue weighted by atomic mass is 35.5. The number of carbonyl (C=O) groups is 3. The van der Waals surface area contributed by atoms with Gasteiger partial charge in [-0.15, -0.1) is 0 Å². The van der Waals surface area contributed by atoms with E-state index < -0.39 is 23.7 Å². The van der Waals surface area contributed by atoms with Crippen molar-refractivity contribution in [2.75, 3.05) is 18.1 Å². The zero-order valence-electron chi connectivity index (χ0n) is 21.0. The largest absolute Gasteiger partial charge is 0.507 e. The summed E-state index contributed by atoms with van der Waals surface area (Å²) in [5.41, 5.74) is 1.80. The lowest BCUT2D eigenvalue weighted by molar-refractivity contribution is -0.132. The molecule has 1 saturated heterocycles. The summed E-state index contributed by atoms with van der Waals surface area (Å²) in [6.45, 7) is 9.19. The van der Waals surface area contributed by atoms with Crippen LogP contribution in [0.15, 0.2) is 60.7 Å². The molecule has 38 heavy (non-hydrogen) atoms. The van der Waals surface area contributed by atoms with Crippen molar-refractivity contribution in [1.29, 1.82) is 0 Å². The van der Waals surface area contributed by atoms with Crippen molar-refractivity contribution in [2.24, 2.45) is 0 Å². The van der Waals surface area contributed by atoms with Crippen LogP contribution in [-0.2, 0) is 14.3 Å². The number of aryl methyl sites for hydroxylation is 2. The second kappa shape index (κ2) is 11.2. The third-order valence-electron chi connectivity index (χ3n) is 5.90. The van der Waals surface area contributed by atoms with E-state index in [-0.39, 0.29) is 27.9 Å². The van der Waals surface area contributed by atoms with Crippen molar-refractivity contribution in [1.82, 2.24) is 4.98 Å². The molecule has 0 saturated carbocycles. The van der Waals surface area contributed by atoms with Crippen molar-refractivity contribution in [3.8, 4) is 5.75 Å². The van der Waals surface area contributed by atoms with Gasteiger partial charge in [0.2, 0.25) is 0 Å². The highest BCUT2D eigenvalue weighted by Gasteiger charge is 2.48. The van der Waals surface area contributed by atoms with E-state index in [1.165, 1.54) is 4.90 Å². The van der Waals surface area contributed by atoms with Crippen LogP contribution in [0.2, 0.25) is 5.02 Å². The van der Waals surface area contributed by atoms with E-state index in [4.69, 9.17) is 21.1 Å². The number of halogens is 1. The Hall–Kier alpha value is -3.95. The lowest BCUT2D eigenvalue weighted by Crippen LogP contribution is -2.29. The number of rotatable bonds is 8. The van der Waals surface area contributed by atoms with Crippen molar-refractivity contribution in [3.63, 3.8) is 0 Å². The number of aliphatic hydroxyl groups excluding tert-OH is 1. The molecule has 2 aromatic carbocycles. The average Bonchev–Trinajstić information content (AvgIpc) is 3.39. The number of aliphatic hydroxyl groups is 1. The number of esters is 1. The average molecular weight is 553 g/mol. The summed E-state index contributed by atoms with van der Waals surface area (Å²) >= 11 is 7.04. The highest BCUT2D eigenvalue weighted by Crippen LogP contribution is 2.44. The van der Waals surface area contributed by atoms with E-state index in [2.05, 4.69) is 11.6 Å². The van der Waals surface area contributed by atoms with Gasteiger partial charge in [0.05, 0.1) is 23.9 Å². The Labute approximate surface area is 228 Å². The van der Waals surface area contributed by atoms with Gasteiger partial charge in [0.1, 0.15) is 23.0 Å². The molecule has 1 N–H and O–H groups in total. The van der Waals surface area contributed by atoms with Crippen molar-refractivity contribution >= 4 is 51.5 Å². The van der Waals surface area contributed by atoms with Crippen LogP contribution >= 0.6 is 22.9 Å². The van der Waals surface area contributed by atoms with Gasteiger partial charge in [0.25, 0.3) is 5.78 Å². The Morgan fingerprint density at radius 3 is 2.55 bits per heavy atom. The molecular weight excluding hydrogens is 528 g/mol. The number of benzene rings is 2. The minimum absolute atomic E-state index is 0.106. The number of ether oxygens (including phenoxy) is 2. The molecule has 3 aromatic rings. The number of amides is 1. The van der Waals surface area contributed by atoms with Crippen LogP contribution in [0.5, 0.6) is 5.75 Å². The van der Waals surface area contributed by atoms with E-state index in [0.29, 0.717) is 39.8 Å². The summed E-state index contributed by atoms with van der Waals surface area (Å²) in [7, 11) is 0. The first-order valence-corrected chi connectivity index (χ1v) is 12.9. The summed E-state index contributed by atoms with van der Waals surface area (Å²) in [4.78, 5) is 45.1. The second-order valence-corrected chi connectivity index (χ2v) is 9.84. The molecule has 8 nitrogen and oxygen atoms in total. The lowest BCUT2D eigenvalue weighted by Gasteiger charge is -2.23. The molecule has 1 unspecified atom stereocenters. The Morgan fingerprint density at radius 2 is 1.92 bits per heavy atom. The monoisotopic (exact) mass is 552 g/mol. The Balaban J connectivity index is 1.88. The fourth-order valence-electron chi connectivity index (χ4n) is 4.15. The molecule has 2 heterocycles. The molecule has 4 rings (SSSR count). The Kier molecular flexibility index (Phi) is 7.99. The summed E-state index contributed by atoms with van der Waals surface area (Å²) in [5, 5.41) is 12.0. The van der Waals surface area contributed by atoms with Gasteiger partial charge in [0, 0.05) is 10.6 Å². The van der Waals surface area contributed by atoms with E-state index in [1.807, 2.05) is 0 Å². The van der Waals surface area contributed by atoms with E-state index in [9.17, 15) is 19.5 Å². The second-order valence-electron chi connectivity index (χ2n) is 8.43. The van der Waals surface area contributed by atoms with E-state index >= 15 is 0 Å². The number of aromatic nitrogens is 1.